The summed E-state index contributed by atoms with van der Waals surface area (Å²) < 4.78 is 25.9. The molecule has 0 radical (unpaired) electrons. The topological polar surface area (TPSA) is 62.3 Å². The highest BCUT2D eigenvalue weighted by molar-refractivity contribution is 7.89. The molecule has 1 N–H and O–H groups in total. The summed E-state index contributed by atoms with van der Waals surface area (Å²) in [5, 5.41) is 0.195. The Kier molecular flexibility index (Phi) is 3.79. The van der Waals surface area contributed by atoms with Gasteiger partial charge in [0, 0.05) is 18.7 Å². The SMILES string of the molecule is CNS(=O)(=O)c1cc(Cl)nc(N2CCCC2C)c1. The predicted octanol–water partition coefficient (Wildman–Crippen LogP) is 1.63. The standard InChI is InChI=1S/C11H16ClN3O2S/c1-8-4-3-5-15(8)11-7-9(6-10(12)14-11)18(16,17)13-2/h6-8,13H,3-5H2,1-2H3. The van der Waals surface area contributed by atoms with Crippen LogP contribution in [0.1, 0.15) is 19.8 Å². The van der Waals surface area contributed by atoms with Gasteiger partial charge in [-0.05, 0) is 32.9 Å². The van der Waals surface area contributed by atoms with Gasteiger partial charge in [-0.25, -0.2) is 18.1 Å². The maximum Gasteiger partial charge on any atom is 0.240 e. The third-order valence-corrected chi connectivity index (χ3v) is 4.77. The zero-order valence-corrected chi connectivity index (χ0v) is 11.9. The molecule has 5 nitrogen and oxygen atoms in total. The van der Waals surface area contributed by atoms with E-state index in [1.807, 2.05) is 0 Å². The van der Waals surface area contributed by atoms with Gasteiger partial charge in [-0.15, -0.1) is 0 Å². The molecule has 1 aliphatic heterocycles. The van der Waals surface area contributed by atoms with Crippen molar-refractivity contribution in [3.63, 3.8) is 0 Å². The third kappa shape index (κ3) is 2.60. The first-order chi connectivity index (χ1) is 8.44. The van der Waals surface area contributed by atoms with Crippen LogP contribution >= 0.6 is 11.6 Å². The molecule has 0 bridgehead atoms. The number of hydrogen-bond acceptors (Lipinski definition) is 4. The molecule has 0 aliphatic carbocycles. The molecular formula is C11H16ClN3O2S. The lowest BCUT2D eigenvalue weighted by Crippen LogP contribution is -2.28. The Labute approximate surface area is 112 Å². The summed E-state index contributed by atoms with van der Waals surface area (Å²) in [6.07, 6.45) is 2.17. The molecule has 0 aromatic carbocycles. The van der Waals surface area contributed by atoms with Crippen molar-refractivity contribution in [2.75, 3.05) is 18.5 Å². The molecule has 100 valence electrons. The van der Waals surface area contributed by atoms with Gasteiger partial charge in [-0.3, -0.25) is 0 Å². The molecule has 1 unspecified atom stereocenters. The minimum absolute atomic E-state index is 0.152. The molecule has 18 heavy (non-hydrogen) atoms. The zero-order chi connectivity index (χ0) is 13.3. The summed E-state index contributed by atoms with van der Waals surface area (Å²) in [5.74, 6) is 0.626. The third-order valence-electron chi connectivity index (χ3n) is 3.18. The van der Waals surface area contributed by atoms with Crippen LogP contribution in [0, 0.1) is 0 Å². The molecule has 1 fully saturated rings. The van der Waals surface area contributed by atoms with E-state index < -0.39 is 10.0 Å². The van der Waals surface area contributed by atoms with Gasteiger partial charge in [0.05, 0.1) is 4.90 Å². The maximum atomic E-state index is 11.8. The summed E-state index contributed by atoms with van der Waals surface area (Å²) >= 11 is 5.91. The number of nitrogens with zero attached hydrogens (tertiary/aromatic N) is 2. The van der Waals surface area contributed by atoms with Crippen LogP contribution in [0.3, 0.4) is 0 Å². The lowest BCUT2D eigenvalue weighted by atomic mass is 10.2. The summed E-state index contributed by atoms with van der Waals surface area (Å²) in [5.41, 5.74) is 0. The van der Waals surface area contributed by atoms with E-state index in [4.69, 9.17) is 11.6 Å². The van der Waals surface area contributed by atoms with Crippen molar-refractivity contribution in [1.29, 1.82) is 0 Å². The van der Waals surface area contributed by atoms with Crippen molar-refractivity contribution in [3.05, 3.63) is 17.3 Å². The van der Waals surface area contributed by atoms with Gasteiger partial charge in [-0.1, -0.05) is 11.6 Å². The largest absolute Gasteiger partial charge is 0.354 e. The molecule has 1 atom stereocenters. The van der Waals surface area contributed by atoms with Crippen LogP contribution in [0.25, 0.3) is 0 Å². The van der Waals surface area contributed by atoms with Crippen LogP contribution in [0.5, 0.6) is 0 Å². The van der Waals surface area contributed by atoms with Crippen LogP contribution in [-0.4, -0.2) is 33.0 Å². The van der Waals surface area contributed by atoms with Crippen LogP contribution in [0.15, 0.2) is 17.0 Å². The molecule has 0 saturated carbocycles. The number of hydrogen-bond donors (Lipinski definition) is 1. The van der Waals surface area contributed by atoms with Crippen LogP contribution in [0.2, 0.25) is 5.15 Å². The Morgan fingerprint density at radius 2 is 2.22 bits per heavy atom. The van der Waals surface area contributed by atoms with E-state index in [0.717, 1.165) is 19.4 Å². The highest BCUT2D eigenvalue weighted by atomic mass is 35.5. The maximum absolute atomic E-state index is 11.8. The first-order valence-corrected chi connectivity index (χ1v) is 7.68. The molecule has 1 saturated heterocycles. The average Bonchev–Trinajstić information content (AvgIpc) is 2.74. The molecule has 1 aromatic rings. The van der Waals surface area contributed by atoms with Gasteiger partial charge in [0.15, 0.2) is 0 Å². The Morgan fingerprint density at radius 3 is 2.78 bits per heavy atom. The van der Waals surface area contributed by atoms with E-state index >= 15 is 0 Å². The quantitative estimate of drug-likeness (QED) is 0.859. The number of sulfonamides is 1. The second kappa shape index (κ2) is 5.03. The van der Waals surface area contributed by atoms with Crippen molar-refractivity contribution in [2.45, 2.75) is 30.7 Å². The van der Waals surface area contributed by atoms with E-state index in [2.05, 4.69) is 21.5 Å². The fourth-order valence-electron chi connectivity index (χ4n) is 2.15. The number of halogens is 1. The van der Waals surface area contributed by atoms with Crippen molar-refractivity contribution in [2.24, 2.45) is 0 Å². The van der Waals surface area contributed by atoms with Gasteiger partial charge in [-0.2, -0.15) is 0 Å². The van der Waals surface area contributed by atoms with E-state index in [9.17, 15) is 8.42 Å². The Hall–Kier alpha value is -0.850. The first kappa shape index (κ1) is 13.6. The molecule has 2 rings (SSSR count). The molecular weight excluding hydrogens is 274 g/mol. The monoisotopic (exact) mass is 289 g/mol. The predicted molar refractivity (Wildman–Crippen MR) is 71.5 cm³/mol. The van der Waals surface area contributed by atoms with Gasteiger partial charge < -0.3 is 4.90 Å². The number of aromatic nitrogens is 1. The van der Waals surface area contributed by atoms with Crippen LogP contribution in [-0.2, 0) is 10.0 Å². The van der Waals surface area contributed by atoms with Gasteiger partial charge in [0.1, 0.15) is 11.0 Å². The summed E-state index contributed by atoms with van der Waals surface area (Å²) in [6.45, 7) is 2.98. The zero-order valence-electron chi connectivity index (χ0n) is 10.4. The van der Waals surface area contributed by atoms with E-state index in [1.165, 1.54) is 13.1 Å². The Balaban J connectivity index is 2.44. The average molecular weight is 290 g/mol. The van der Waals surface area contributed by atoms with E-state index in [1.54, 1.807) is 6.07 Å². The van der Waals surface area contributed by atoms with Crippen molar-refractivity contribution >= 4 is 27.4 Å². The Morgan fingerprint density at radius 1 is 1.50 bits per heavy atom. The fourth-order valence-corrected chi connectivity index (χ4v) is 3.19. The normalized spacial score (nSPS) is 20.4. The molecule has 2 heterocycles. The first-order valence-electron chi connectivity index (χ1n) is 5.82. The molecule has 1 aromatic heterocycles. The molecule has 1 aliphatic rings. The summed E-state index contributed by atoms with van der Waals surface area (Å²) in [7, 11) is -2.11. The van der Waals surface area contributed by atoms with Crippen LogP contribution < -0.4 is 9.62 Å². The second-order valence-corrected chi connectivity index (χ2v) is 6.65. The van der Waals surface area contributed by atoms with E-state index in [0.29, 0.717) is 11.9 Å². The lowest BCUT2D eigenvalue weighted by molar-refractivity contribution is 0.588. The van der Waals surface area contributed by atoms with Gasteiger partial charge >= 0.3 is 0 Å². The van der Waals surface area contributed by atoms with Gasteiger partial charge in [0.25, 0.3) is 0 Å². The number of anilines is 1. The van der Waals surface area contributed by atoms with Gasteiger partial charge in [0.2, 0.25) is 10.0 Å². The number of rotatable bonds is 3. The van der Waals surface area contributed by atoms with Crippen LogP contribution in [0.4, 0.5) is 5.82 Å². The summed E-state index contributed by atoms with van der Waals surface area (Å²) in [6, 6.07) is 3.29. The minimum atomic E-state index is -3.49. The fraction of sp³-hybridized carbons (Fsp3) is 0.545. The number of pyridine rings is 1. The highest BCUT2D eigenvalue weighted by Crippen LogP contribution is 2.27. The molecule has 0 amide bonds. The summed E-state index contributed by atoms with van der Waals surface area (Å²) in [4.78, 5) is 6.45. The minimum Gasteiger partial charge on any atom is -0.354 e. The highest BCUT2D eigenvalue weighted by Gasteiger charge is 2.24. The van der Waals surface area contributed by atoms with E-state index in [-0.39, 0.29) is 10.0 Å². The second-order valence-electron chi connectivity index (χ2n) is 4.38. The van der Waals surface area contributed by atoms with Crippen molar-refractivity contribution in [3.8, 4) is 0 Å². The lowest BCUT2D eigenvalue weighted by Gasteiger charge is -2.23. The van der Waals surface area contributed by atoms with Crippen molar-refractivity contribution < 1.29 is 8.42 Å². The molecule has 7 heteroatoms. The smallest absolute Gasteiger partial charge is 0.240 e. The Bertz CT molecular complexity index is 547. The molecule has 0 spiro atoms. The van der Waals surface area contributed by atoms with Crippen molar-refractivity contribution in [1.82, 2.24) is 9.71 Å². The number of nitrogens with one attached hydrogen (secondary N) is 1.